The number of unbranched alkanes of at least 4 members (excludes halogenated alkanes) is 4. The van der Waals surface area contributed by atoms with Crippen LogP contribution in [0.3, 0.4) is 0 Å². The van der Waals surface area contributed by atoms with Gasteiger partial charge in [0, 0.05) is 17.8 Å². The first-order valence-corrected chi connectivity index (χ1v) is 7.67. The van der Waals surface area contributed by atoms with Gasteiger partial charge in [0.15, 0.2) is 0 Å². The number of fused-ring (bicyclic) bond motifs is 1. The van der Waals surface area contributed by atoms with Gasteiger partial charge in [0.05, 0.1) is 6.61 Å². The third kappa shape index (κ3) is 4.38. The van der Waals surface area contributed by atoms with Crippen molar-refractivity contribution in [2.75, 3.05) is 13.2 Å². The van der Waals surface area contributed by atoms with Gasteiger partial charge in [-0.15, -0.1) is 0 Å². The van der Waals surface area contributed by atoms with Crippen molar-refractivity contribution in [2.45, 2.75) is 51.9 Å². The summed E-state index contributed by atoms with van der Waals surface area (Å²) in [6, 6.07) is 8.30. The lowest BCUT2D eigenvalue weighted by molar-refractivity contribution is 0.318. The predicted molar refractivity (Wildman–Crippen MR) is 81.3 cm³/mol. The normalized spacial score (nSPS) is 16.8. The van der Waals surface area contributed by atoms with Crippen LogP contribution in [0.4, 0.5) is 0 Å². The molecule has 0 fully saturated rings. The summed E-state index contributed by atoms with van der Waals surface area (Å²) in [6.07, 6.45) is 8.65. The molecule has 2 rings (SSSR count). The van der Waals surface area contributed by atoms with Crippen molar-refractivity contribution >= 4 is 5.71 Å². The number of nitrogens with zero attached hydrogens (tertiary/aromatic N) is 1. The Bertz CT molecular complexity index is 411. The smallest absolute Gasteiger partial charge is 0.128 e. The van der Waals surface area contributed by atoms with Crippen molar-refractivity contribution in [2.24, 2.45) is 4.99 Å². The largest absolute Gasteiger partial charge is 0.493 e. The lowest BCUT2D eigenvalue weighted by atomic mass is 10.1. The van der Waals surface area contributed by atoms with Gasteiger partial charge in [0.2, 0.25) is 0 Å². The summed E-state index contributed by atoms with van der Waals surface area (Å²) >= 11 is 0. The van der Waals surface area contributed by atoms with Crippen molar-refractivity contribution < 1.29 is 4.74 Å². The van der Waals surface area contributed by atoms with Crippen LogP contribution in [0.1, 0.15) is 57.4 Å². The van der Waals surface area contributed by atoms with Crippen LogP contribution in [0.2, 0.25) is 0 Å². The second-order valence-corrected chi connectivity index (χ2v) is 5.19. The van der Waals surface area contributed by atoms with Crippen molar-refractivity contribution in [1.29, 1.82) is 0 Å². The van der Waals surface area contributed by atoms with E-state index in [1.54, 1.807) is 0 Å². The van der Waals surface area contributed by atoms with E-state index in [2.05, 4.69) is 25.1 Å². The fraction of sp³-hybridized carbons (Fsp3) is 0.588. The Morgan fingerprint density at radius 1 is 1.11 bits per heavy atom. The van der Waals surface area contributed by atoms with Gasteiger partial charge in [-0.25, -0.2) is 0 Å². The molecule has 1 aromatic rings. The quantitative estimate of drug-likeness (QED) is 0.683. The number of benzene rings is 1. The highest BCUT2D eigenvalue weighted by Gasteiger charge is 2.13. The first kappa shape index (κ1) is 14.1. The second-order valence-electron chi connectivity index (χ2n) is 5.19. The van der Waals surface area contributed by atoms with Gasteiger partial charge in [-0.2, -0.15) is 0 Å². The maximum absolute atomic E-state index is 5.76. The van der Waals surface area contributed by atoms with E-state index in [0.717, 1.165) is 31.7 Å². The summed E-state index contributed by atoms with van der Waals surface area (Å²) in [4.78, 5) is 4.82. The molecule has 0 aromatic heterocycles. The molecule has 1 aromatic carbocycles. The molecule has 0 unspecified atom stereocenters. The second kappa shape index (κ2) is 7.98. The SMILES string of the molecule is CCCCCCCN=C1CCCOc2ccccc21. The molecular weight excluding hydrogens is 234 g/mol. The summed E-state index contributed by atoms with van der Waals surface area (Å²) in [7, 11) is 0. The number of para-hydroxylation sites is 1. The predicted octanol–water partition coefficient (Wildman–Crippen LogP) is 4.62. The highest BCUT2D eigenvalue weighted by atomic mass is 16.5. The molecule has 0 bridgehead atoms. The maximum Gasteiger partial charge on any atom is 0.128 e. The Kier molecular flexibility index (Phi) is 5.93. The molecule has 0 aliphatic carbocycles. The molecule has 0 radical (unpaired) electrons. The Morgan fingerprint density at radius 3 is 2.84 bits per heavy atom. The number of hydrogen-bond acceptors (Lipinski definition) is 2. The van der Waals surface area contributed by atoms with Crippen LogP contribution in [0, 0.1) is 0 Å². The van der Waals surface area contributed by atoms with E-state index < -0.39 is 0 Å². The standard InChI is InChI=1S/C17H25NO/c1-2-3-4-5-8-13-18-16-11-9-14-19-17-12-7-6-10-15(16)17/h6-7,10,12H,2-5,8-9,11,13-14H2,1H3. The molecule has 0 saturated carbocycles. The molecule has 0 spiro atoms. The summed E-state index contributed by atoms with van der Waals surface area (Å²) in [5.41, 5.74) is 2.44. The number of aliphatic imine (C=N–C) groups is 1. The van der Waals surface area contributed by atoms with Gasteiger partial charge in [-0.05, 0) is 31.4 Å². The van der Waals surface area contributed by atoms with E-state index in [9.17, 15) is 0 Å². The van der Waals surface area contributed by atoms with Crippen molar-refractivity contribution in [3.8, 4) is 5.75 Å². The van der Waals surface area contributed by atoms with E-state index >= 15 is 0 Å². The minimum atomic E-state index is 0.812. The zero-order valence-electron chi connectivity index (χ0n) is 12.0. The van der Waals surface area contributed by atoms with E-state index in [1.807, 2.05) is 6.07 Å². The highest BCUT2D eigenvalue weighted by Crippen LogP contribution is 2.24. The monoisotopic (exact) mass is 259 g/mol. The van der Waals surface area contributed by atoms with Crippen LogP contribution in [0.15, 0.2) is 29.3 Å². The van der Waals surface area contributed by atoms with Gasteiger partial charge in [-0.3, -0.25) is 4.99 Å². The molecule has 2 heteroatoms. The van der Waals surface area contributed by atoms with E-state index in [4.69, 9.17) is 9.73 Å². The lowest BCUT2D eigenvalue weighted by Crippen LogP contribution is -2.01. The fourth-order valence-corrected chi connectivity index (χ4v) is 2.48. The number of hydrogen-bond donors (Lipinski definition) is 0. The number of rotatable bonds is 6. The molecule has 0 saturated heterocycles. The Morgan fingerprint density at radius 2 is 1.95 bits per heavy atom. The van der Waals surface area contributed by atoms with Crippen LogP contribution in [0.5, 0.6) is 5.75 Å². The third-order valence-corrected chi connectivity index (χ3v) is 3.58. The maximum atomic E-state index is 5.76. The first-order valence-electron chi connectivity index (χ1n) is 7.67. The molecular formula is C17H25NO. The molecule has 1 heterocycles. The fourth-order valence-electron chi connectivity index (χ4n) is 2.48. The molecule has 1 aliphatic rings. The van der Waals surface area contributed by atoms with Gasteiger partial charge in [-0.1, -0.05) is 44.7 Å². The topological polar surface area (TPSA) is 21.6 Å². The Hall–Kier alpha value is -1.31. The average Bonchev–Trinajstić information content (AvgIpc) is 2.65. The van der Waals surface area contributed by atoms with Crippen molar-refractivity contribution in [1.82, 2.24) is 0 Å². The van der Waals surface area contributed by atoms with Gasteiger partial charge in [0.25, 0.3) is 0 Å². The van der Waals surface area contributed by atoms with Crippen molar-refractivity contribution in [3.05, 3.63) is 29.8 Å². The molecule has 0 atom stereocenters. The lowest BCUT2D eigenvalue weighted by Gasteiger charge is -2.07. The Labute approximate surface area is 116 Å². The van der Waals surface area contributed by atoms with Gasteiger partial charge in [0.1, 0.15) is 5.75 Å². The van der Waals surface area contributed by atoms with Crippen LogP contribution < -0.4 is 4.74 Å². The van der Waals surface area contributed by atoms with E-state index in [1.165, 1.54) is 43.4 Å². The molecule has 0 N–H and O–H groups in total. The minimum Gasteiger partial charge on any atom is -0.493 e. The number of ether oxygens (including phenoxy) is 1. The average molecular weight is 259 g/mol. The van der Waals surface area contributed by atoms with Crippen LogP contribution in [-0.2, 0) is 0 Å². The van der Waals surface area contributed by atoms with Gasteiger partial charge < -0.3 is 4.74 Å². The zero-order valence-corrected chi connectivity index (χ0v) is 12.0. The molecule has 0 amide bonds. The summed E-state index contributed by atoms with van der Waals surface area (Å²) in [5, 5.41) is 0. The molecule has 2 nitrogen and oxygen atoms in total. The van der Waals surface area contributed by atoms with E-state index in [0.29, 0.717) is 0 Å². The van der Waals surface area contributed by atoms with Crippen LogP contribution >= 0.6 is 0 Å². The third-order valence-electron chi connectivity index (χ3n) is 3.58. The summed E-state index contributed by atoms with van der Waals surface area (Å²) in [6.45, 7) is 4.03. The van der Waals surface area contributed by atoms with Crippen molar-refractivity contribution in [3.63, 3.8) is 0 Å². The highest BCUT2D eigenvalue weighted by molar-refractivity contribution is 6.03. The summed E-state index contributed by atoms with van der Waals surface area (Å²) in [5.74, 6) is 1.00. The van der Waals surface area contributed by atoms with Crippen LogP contribution in [-0.4, -0.2) is 18.9 Å². The minimum absolute atomic E-state index is 0.812. The summed E-state index contributed by atoms with van der Waals surface area (Å²) < 4.78 is 5.76. The van der Waals surface area contributed by atoms with Crippen LogP contribution in [0.25, 0.3) is 0 Å². The van der Waals surface area contributed by atoms with E-state index in [-0.39, 0.29) is 0 Å². The molecule has 19 heavy (non-hydrogen) atoms. The Balaban J connectivity index is 1.91. The molecule has 104 valence electrons. The van der Waals surface area contributed by atoms with Gasteiger partial charge >= 0.3 is 0 Å². The molecule has 1 aliphatic heterocycles. The first-order chi connectivity index (χ1) is 9.42. The zero-order chi connectivity index (χ0) is 13.3.